The van der Waals surface area contributed by atoms with Crippen LogP contribution >= 0.6 is 11.3 Å². The van der Waals surface area contributed by atoms with E-state index in [1.54, 1.807) is 30.5 Å². The van der Waals surface area contributed by atoms with Crippen molar-refractivity contribution in [3.63, 3.8) is 0 Å². The molecule has 0 spiro atoms. The number of carboxylic acids is 1. The summed E-state index contributed by atoms with van der Waals surface area (Å²) in [6.07, 6.45) is -2.22. The van der Waals surface area contributed by atoms with Gasteiger partial charge in [0.05, 0.1) is 16.3 Å². The monoisotopic (exact) mass is 719 g/mol. The molecule has 2 aromatic carbocycles. The van der Waals surface area contributed by atoms with Gasteiger partial charge in [-0.05, 0) is 74.9 Å². The Hall–Kier alpha value is -4.38. The topological polar surface area (TPSA) is 142 Å². The maximum atomic E-state index is 13.4. The molecule has 2 N–H and O–H groups in total. The molecule has 2 aromatic heterocycles. The highest BCUT2D eigenvalue weighted by molar-refractivity contribution is 7.90. The zero-order valence-corrected chi connectivity index (χ0v) is 28.8. The molecule has 1 aliphatic heterocycles. The van der Waals surface area contributed by atoms with Crippen molar-refractivity contribution in [3.8, 4) is 22.8 Å². The van der Waals surface area contributed by atoms with Crippen LogP contribution in [0.5, 0.6) is 11.5 Å². The number of aryl methyl sites for hydroxylation is 1. The highest BCUT2D eigenvalue weighted by Gasteiger charge is 2.38. The Labute approximate surface area is 286 Å². The lowest BCUT2D eigenvalue weighted by Gasteiger charge is -2.36. The van der Waals surface area contributed by atoms with Crippen LogP contribution in [0, 0.1) is 6.92 Å². The Kier molecular flexibility index (Phi) is 12.1. The van der Waals surface area contributed by atoms with Gasteiger partial charge in [-0.25, -0.2) is 18.2 Å². The number of sulfone groups is 1. The second-order valence-corrected chi connectivity index (χ2v) is 14.4. The first-order chi connectivity index (χ1) is 23.0. The number of carboxylic acid groups (broad SMARTS) is 1. The third-order valence-corrected chi connectivity index (χ3v) is 9.41. The highest BCUT2D eigenvalue weighted by atomic mass is 32.2. The molecule has 16 heteroatoms. The maximum Gasteiger partial charge on any atom is 0.490 e. The van der Waals surface area contributed by atoms with Crippen LogP contribution in [0.2, 0.25) is 0 Å². The van der Waals surface area contributed by atoms with Gasteiger partial charge in [-0.1, -0.05) is 6.07 Å². The lowest BCUT2D eigenvalue weighted by molar-refractivity contribution is -0.192. The number of pyridine rings is 1. The van der Waals surface area contributed by atoms with Crippen LogP contribution in [0.15, 0.2) is 71.1 Å². The summed E-state index contributed by atoms with van der Waals surface area (Å²) in [5.74, 6) is -2.20. The van der Waals surface area contributed by atoms with E-state index in [0.717, 1.165) is 61.5 Å². The van der Waals surface area contributed by atoms with Crippen molar-refractivity contribution in [3.05, 3.63) is 83.0 Å². The van der Waals surface area contributed by atoms with E-state index >= 15 is 0 Å². The van der Waals surface area contributed by atoms with E-state index in [1.807, 2.05) is 30.5 Å². The number of alkyl halides is 3. The number of piperazine rings is 1. The molecule has 4 aromatic rings. The number of ether oxygens (including phenoxy) is 1. The minimum Gasteiger partial charge on any atom is -0.475 e. The number of nitrogens with zero attached hydrogens (tertiary/aromatic N) is 4. The summed E-state index contributed by atoms with van der Waals surface area (Å²) >= 11 is 1.41. The fourth-order valence-corrected chi connectivity index (χ4v) is 6.20. The van der Waals surface area contributed by atoms with Crippen molar-refractivity contribution in [2.24, 2.45) is 0 Å². The third kappa shape index (κ3) is 10.8. The summed E-state index contributed by atoms with van der Waals surface area (Å²) < 4.78 is 61.5. The van der Waals surface area contributed by atoms with Crippen molar-refractivity contribution in [2.75, 3.05) is 37.8 Å². The highest BCUT2D eigenvalue weighted by Crippen LogP contribution is 2.31. The predicted octanol–water partition coefficient (Wildman–Crippen LogP) is 6.12. The number of hydrogen-bond donors (Lipinski definition) is 2. The van der Waals surface area contributed by atoms with Gasteiger partial charge in [-0.3, -0.25) is 24.9 Å². The molecule has 49 heavy (non-hydrogen) atoms. The lowest BCUT2D eigenvalue weighted by atomic mass is 10.0. The van der Waals surface area contributed by atoms with Crippen LogP contribution in [-0.4, -0.2) is 89.8 Å². The summed E-state index contributed by atoms with van der Waals surface area (Å²) in [7, 11) is -3.33. The second kappa shape index (κ2) is 15.9. The van der Waals surface area contributed by atoms with E-state index in [0.29, 0.717) is 28.2 Å². The molecule has 0 atom stereocenters. The zero-order chi connectivity index (χ0) is 35.9. The number of hydrogen-bond acceptors (Lipinski definition) is 10. The summed E-state index contributed by atoms with van der Waals surface area (Å²) in [6.45, 7) is 11.3. The summed E-state index contributed by atoms with van der Waals surface area (Å²) in [6, 6.07) is 15.8. The molecule has 1 aliphatic rings. The SMILES string of the molecule is Cc1cccnc1-c1cc(Oc2ccc(S(C)(=O)=O)cc2)cc(C(=O)Nc2nc(CN3CCN(C(C)C)CC3)cs2)c1.O=C(O)C(F)(F)F. The van der Waals surface area contributed by atoms with Gasteiger partial charge in [-0.15, -0.1) is 11.3 Å². The number of anilines is 1. The molecule has 1 amide bonds. The summed E-state index contributed by atoms with van der Waals surface area (Å²) in [4.78, 5) is 36.6. The molecule has 3 heterocycles. The average molecular weight is 720 g/mol. The van der Waals surface area contributed by atoms with E-state index in [-0.39, 0.29) is 10.8 Å². The number of amides is 1. The first kappa shape index (κ1) is 37.4. The van der Waals surface area contributed by atoms with Gasteiger partial charge in [-0.2, -0.15) is 13.2 Å². The molecule has 1 saturated heterocycles. The molecule has 0 saturated carbocycles. The quantitative estimate of drug-likeness (QED) is 0.208. The van der Waals surface area contributed by atoms with Gasteiger partial charge < -0.3 is 9.84 Å². The second-order valence-electron chi connectivity index (χ2n) is 11.6. The number of carbonyl (C=O) groups excluding carboxylic acids is 1. The fourth-order valence-electron chi connectivity index (χ4n) is 4.88. The molecule has 1 fully saturated rings. The van der Waals surface area contributed by atoms with E-state index in [2.05, 4.69) is 38.9 Å². The van der Waals surface area contributed by atoms with Crippen LogP contribution in [0.4, 0.5) is 18.3 Å². The molecule has 11 nitrogen and oxygen atoms in total. The average Bonchev–Trinajstić information content (AvgIpc) is 3.47. The number of carbonyl (C=O) groups is 2. The number of nitrogens with one attached hydrogen (secondary N) is 1. The van der Waals surface area contributed by atoms with Crippen molar-refractivity contribution in [1.82, 2.24) is 19.8 Å². The minimum absolute atomic E-state index is 0.202. The Balaban J connectivity index is 0.000000698. The van der Waals surface area contributed by atoms with Gasteiger partial charge in [0.25, 0.3) is 5.91 Å². The predicted molar refractivity (Wildman–Crippen MR) is 180 cm³/mol. The van der Waals surface area contributed by atoms with Gasteiger partial charge in [0.15, 0.2) is 15.0 Å². The smallest absolute Gasteiger partial charge is 0.475 e. The molecule has 0 unspecified atom stereocenters. The van der Waals surface area contributed by atoms with Crippen LogP contribution in [0.3, 0.4) is 0 Å². The van der Waals surface area contributed by atoms with E-state index in [9.17, 15) is 26.4 Å². The normalized spacial score (nSPS) is 14.2. The van der Waals surface area contributed by atoms with E-state index in [1.165, 1.54) is 23.5 Å². The number of halogens is 3. The number of aromatic nitrogens is 2. The molecule has 262 valence electrons. The van der Waals surface area contributed by atoms with Crippen LogP contribution in [0.25, 0.3) is 11.3 Å². The third-order valence-electron chi connectivity index (χ3n) is 7.48. The largest absolute Gasteiger partial charge is 0.490 e. The number of benzene rings is 2. The van der Waals surface area contributed by atoms with Crippen LogP contribution < -0.4 is 10.1 Å². The van der Waals surface area contributed by atoms with Crippen molar-refractivity contribution in [1.29, 1.82) is 0 Å². The molecule has 0 bridgehead atoms. The molecular weight excluding hydrogens is 684 g/mol. The molecular formula is C33H36F3N5O6S2. The summed E-state index contributed by atoms with van der Waals surface area (Å²) in [5.41, 5.74) is 3.74. The van der Waals surface area contributed by atoms with Crippen LogP contribution in [0.1, 0.15) is 35.5 Å². The van der Waals surface area contributed by atoms with E-state index in [4.69, 9.17) is 14.6 Å². The molecule has 0 aliphatic carbocycles. The van der Waals surface area contributed by atoms with Crippen LogP contribution in [-0.2, 0) is 21.2 Å². The van der Waals surface area contributed by atoms with Gasteiger partial charge in [0.2, 0.25) is 0 Å². The number of thiazole rings is 1. The minimum atomic E-state index is -5.08. The Bertz CT molecular complexity index is 1870. The number of rotatable bonds is 9. The first-order valence-electron chi connectivity index (χ1n) is 15.1. The standard InChI is InChI=1S/C31H35N5O4S2.C2HF3O2/c1-21(2)36-14-12-35(13-15-36)19-25-20-41-31(33-25)34-30(37)24-16-23(29-22(3)6-5-11-32-29)17-27(18-24)40-26-7-9-28(10-8-26)42(4,38)39;3-2(4,5)1(6)7/h5-11,16-18,20-21H,12-15,19H2,1-4H3,(H,33,34,37);(H,6,7). The van der Waals surface area contributed by atoms with E-state index < -0.39 is 22.0 Å². The fraction of sp³-hybridized carbons (Fsp3) is 0.333. The van der Waals surface area contributed by atoms with Gasteiger partial charge in [0, 0.05) is 67.7 Å². The lowest BCUT2D eigenvalue weighted by Crippen LogP contribution is -2.48. The van der Waals surface area contributed by atoms with Crippen molar-refractivity contribution < 1.29 is 41.0 Å². The summed E-state index contributed by atoms with van der Waals surface area (Å²) in [5, 5.41) is 12.6. The van der Waals surface area contributed by atoms with Crippen molar-refractivity contribution in [2.45, 2.75) is 44.4 Å². The molecule has 5 rings (SSSR count). The Morgan fingerprint density at radius 2 is 1.69 bits per heavy atom. The van der Waals surface area contributed by atoms with Crippen molar-refractivity contribution >= 4 is 38.2 Å². The molecule has 0 radical (unpaired) electrons. The van der Waals surface area contributed by atoms with Gasteiger partial charge in [0.1, 0.15) is 11.5 Å². The first-order valence-corrected chi connectivity index (χ1v) is 17.8. The maximum absolute atomic E-state index is 13.4. The number of aliphatic carboxylic acids is 1. The van der Waals surface area contributed by atoms with Gasteiger partial charge >= 0.3 is 12.1 Å². The zero-order valence-electron chi connectivity index (χ0n) is 27.2. The Morgan fingerprint density at radius 1 is 1.04 bits per heavy atom. The Morgan fingerprint density at radius 3 is 2.27 bits per heavy atom.